The van der Waals surface area contributed by atoms with E-state index in [0.29, 0.717) is 17.9 Å². The van der Waals surface area contributed by atoms with Gasteiger partial charge in [-0.15, -0.1) is 0 Å². The smallest absolute Gasteiger partial charge is 0.251 e. The minimum atomic E-state index is -0.124. The molecule has 0 aliphatic heterocycles. The molecule has 1 amide bonds. The fourth-order valence-corrected chi connectivity index (χ4v) is 3.24. The lowest BCUT2D eigenvalue weighted by molar-refractivity contribution is 0.0954. The van der Waals surface area contributed by atoms with Crippen molar-refractivity contribution in [2.75, 3.05) is 19.0 Å². The van der Waals surface area contributed by atoms with Crippen LogP contribution in [0.15, 0.2) is 73.1 Å². The van der Waals surface area contributed by atoms with Gasteiger partial charge in [0.1, 0.15) is 11.6 Å². The number of benzene rings is 2. The molecule has 6 heteroatoms. The summed E-state index contributed by atoms with van der Waals surface area (Å²) in [6, 6.07) is 19.1. The first-order valence-corrected chi connectivity index (χ1v) is 9.43. The molecule has 2 heterocycles. The molecule has 0 atom stereocenters. The van der Waals surface area contributed by atoms with Crippen LogP contribution in [0.2, 0.25) is 0 Å². The maximum atomic E-state index is 12.5. The predicted octanol–water partition coefficient (Wildman–Crippen LogP) is 4.29. The van der Waals surface area contributed by atoms with Crippen molar-refractivity contribution >= 4 is 28.3 Å². The third-order valence-corrected chi connectivity index (χ3v) is 4.72. The van der Waals surface area contributed by atoms with Crippen molar-refractivity contribution in [3.8, 4) is 5.75 Å². The van der Waals surface area contributed by atoms with Gasteiger partial charge in [0.25, 0.3) is 5.91 Å². The van der Waals surface area contributed by atoms with E-state index in [2.05, 4.69) is 26.7 Å². The number of carbonyl (C=O) groups is 1. The molecular weight excluding hydrogens is 364 g/mol. The number of methoxy groups -OCH3 is 1. The predicted molar refractivity (Wildman–Crippen MR) is 115 cm³/mol. The topological polar surface area (TPSA) is 79.0 Å². The molecule has 29 heavy (non-hydrogen) atoms. The van der Waals surface area contributed by atoms with Gasteiger partial charge >= 0.3 is 0 Å². The van der Waals surface area contributed by atoms with Crippen molar-refractivity contribution in [3.05, 3.63) is 84.2 Å². The molecule has 146 valence electrons. The highest BCUT2D eigenvalue weighted by Crippen LogP contribution is 2.21. The van der Waals surface area contributed by atoms with E-state index in [-0.39, 0.29) is 5.91 Å². The Hall–Kier alpha value is -3.80. The zero-order chi connectivity index (χ0) is 20.1. The monoisotopic (exact) mass is 386 g/mol. The lowest BCUT2D eigenvalue weighted by Gasteiger charge is -2.09. The molecule has 0 saturated carbocycles. The molecule has 0 aliphatic carbocycles. The van der Waals surface area contributed by atoms with Crippen LogP contribution in [0.3, 0.4) is 0 Å². The van der Waals surface area contributed by atoms with Crippen LogP contribution in [-0.2, 0) is 6.42 Å². The van der Waals surface area contributed by atoms with Crippen LogP contribution in [0.4, 0.5) is 11.5 Å². The van der Waals surface area contributed by atoms with Crippen molar-refractivity contribution in [1.82, 2.24) is 15.3 Å². The van der Waals surface area contributed by atoms with E-state index in [1.807, 2.05) is 48.7 Å². The van der Waals surface area contributed by atoms with Gasteiger partial charge in [0.15, 0.2) is 0 Å². The molecule has 4 aromatic rings. The molecule has 4 rings (SSSR count). The SMILES string of the molecule is COc1cccc(Nc2cc(C(=O)NCCc3c[nH]c4ccccc34)ccn2)c1. The molecule has 0 spiro atoms. The van der Waals surface area contributed by atoms with E-state index in [0.717, 1.165) is 23.4 Å². The van der Waals surface area contributed by atoms with E-state index < -0.39 is 0 Å². The quantitative estimate of drug-likeness (QED) is 0.443. The van der Waals surface area contributed by atoms with Crippen LogP contribution >= 0.6 is 0 Å². The summed E-state index contributed by atoms with van der Waals surface area (Å²) in [5.41, 5.74) is 3.70. The van der Waals surface area contributed by atoms with Gasteiger partial charge in [-0.05, 0) is 42.3 Å². The summed E-state index contributed by atoms with van der Waals surface area (Å²) in [5, 5.41) is 7.37. The maximum Gasteiger partial charge on any atom is 0.251 e. The number of para-hydroxylation sites is 1. The van der Waals surface area contributed by atoms with Gasteiger partial charge in [0, 0.05) is 47.2 Å². The largest absolute Gasteiger partial charge is 0.497 e. The normalized spacial score (nSPS) is 10.7. The maximum absolute atomic E-state index is 12.5. The first-order chi connectivity index (χ1) is 14.2. The number of amides is 1. The Kier molecular flexibility index (Phi) is 5.42. The lowest BCUT2D eigenvalue weighted by Crippen LogP contribution is -2.25. The third-order valence-electron chi connectivity index (χ3n) is 4.72. The second-order valence-electron chi connectivity index (χ2n) is 6.65. The Morgan fingerprint density at radius 2 is 2.00 bits per heavy atom. The molecule has 6 nitrogen and oxygen atoms in total. The number of hydrogen-bond acceptors (Lipinski definition) is 4. The molecule has 2 aromatic heterocycles. The Labute approximate surface area is 168 Å². The van der Waals surface area contributed by atoms with E-state index in [4.69, 9.17) is 4.74 Å². The molecule has 0 fully saturated rings. The van der Waals surface area contributed by atoms with Gasteiger partial charge in [-0.25, -0.2) is 4.98 Å². The zero-order valence-corrected chi connectivity index (χ0v) is 16.1. The molecule has 0 bridgehead atoms. The van der Waals surface area contributed by atoms with Crippen LogP contribution in [-0.4, -0.2) is 29.5 Å². The van der Waals surface area contributed by atoms with Gasteiger partial charge in [0.05, 0.1) is 7.11 Å². The van der Waals surface area contributed by atoms with Crippen molar-refractivity contribution < 1.29 is 9.53 Å². The Balaban J connectivity index is 1.38. The van der Waals surface area contributed by atoms with E-state index in [1.165, 1.54) is 10.9 Å². The van der Waals surface area contributed by atoms with E-state index >= 15 is 0 Å². The minimum absolute atomic E-state index is 0.124. The summed E-state index contributed by atoms with van der Waals surface area (Å²) in [6.07, 6.45) is 4.38. The number of anilines is 2. The van der Waals surface area contributed by atoms with Gasteiger partial charge in [-0.1, -0.05) is 24.3 Å². The van der Waals surface area contributed by atoms with Gasteiger partial charge in [-0.2, -0.15) is 0 Å². The fraction of sp³-hybridized carbons (Fsp3) is 0.130. The lowest BCUT2D eigenvalue weighted by atomic mass is 10.1. The number of carbonyl (C=O) groups excluding carboxylic acids is 1. The third kappa shape index (κ3) is 4.38. The summed E-state index contributed by atoms with van der Waals surface area (Å²) in [7, 11) is 1.62. The number of aromatic nitrogens is 2. The number of hydrogen-bond donors (Lipinski definition) is 3. The number of rotatable bonds is 7. The number of nitrogens with zero attached hydrogens (tertiary/aromatic N) is 1. The van der Waals surface area contributed by atoms with Crippen LogP contribution in [0, 0.1) is 0 Å². The van der Waals surface area contributed by atoms with Crippen molar-refractivity contribution in [1.29, 1.82) is 0 Å². The van der Waals surface area contributed by atoms with Crippen LogP contribution in [0.5, 0.6) is 5.75 Å². The number of pyridine rings is 1. The molecular formula is C23H22N4O2. The average Bonchev–Trinajstić information content (AvgIpc) is 3.17. The van der Waals surface area contributed by atoms with Crippen molar-refractivity contribution in [2.45, 2.75) is 6.42 Å². The highest BCUT2D eigenvalue weighted by atomic mass is 16.5. The Morgan fingerprint density at radius 3 is 2.90 bits per heavy atom. The van der Waals surface area contributed by atoms with E-state index in [9.17, 15) is 4.79 Å². The standard InChI is InChI=1S/C23H22N4O2/c1-29-19-6-4-5-18(14-19)27-22-13-16(9-11-24-22)23(28)25-12-10-17-15-26-21-8-3-2-7-20(17)21/h2-9,11,13-15,26H,10,12H2,1H3,(H,24,27)(H,25,28). The molecule has 0 aliphatic rings. The highest BCUT2D eigenvalue weighted by Gasteiger charge is 2.08. The van der Waals surface area contributed by atoms with Crippen LogP contribution in [0.1, 0.15) is 15.9 Å². The zero-order valence-electron chi connectivity index (χ0n) is 16.1. The summed E-state index contributed by atoms with van der Waals surface area (Å²) < 4.78 is 5.23. The number of H-pyrrole nitrogens is 1. The first kappa shape index (κ1) is 18.6. The highest BCUT2D eigenvalue weighted by molar-refractivity contribution is 5.95. The number of fused-ring (bicyclic) bond motifs is 1. The second kappa shape index (κ2) is 8.48. The van der Waals surface area contributed by atoms with Gasteiger partial charge in [0.2, 0.25) is 0 Å². The minimum Gasteiger partial charge on any atom is -0.497 e. The molecule has 3 N–H and O–H groups in total. The molecule has 0 unspecified atom stereocenters. The molecule has 0 radical (unpaired) electrons. The first-order valence-electron chi connectivity index (χ1n) is 9.43. The number of ether oxygens (including phenoxy) is 1. The van der Waals surface area contributed by atoms with Gasteiger partial charge < -0.3 is 20.4 Å². The average molecular weight is 386 g/mol. The molecule has 0 saturated heterocycles. The number of nitrogens with one attached hydrogen (secondary N) is 3. The summed E-state index contributed by atoms with van der Waals surface area (Å²) in [6.45, 7) is 0.557. The van der Waals surface area contributed by atoms with Crippen molar-refractivity contribution in [3.63, 3.8) is 0 Å². The second-order valence-corrected chi connectivity index (χ2v) is 6.65. The number of aromatic amines is 1. The summed E-state index contributed by atoms with van der Waals surface area (Å²) >= 11 is 0. The van der Waals surface area contributed by atoms with Gasteiger partial charge in [-0.3, -0.25) is 4.79 Å². The van der Waals surface area contributed by atoms with Crippen LogP contribution in [0.25, 0.3) is 10.9 Å². The summed E-state index contributed by atoms with van der Waals surface area (Å²) in [4.78, 5) is 20.1. The van der Waals surface area contributed by atoms with E-state index in [1.54, 1.807) is 25.4 Å². The van der Waals surface area contributed by atoms with Crippen LogP contribution < -0.4 is 15.4 Å². The fourth-order valence-electron chi connectivity index (χ4n) is 3.24. The Bertz CT molecular complexity index is 1140. The molecule has 2 aromatic carbocycles. The summed E-state index contributed by atoms with van der Waals surface area (Å²) in [5.74, 6) is 1.23. The Morgan fingerprint density at radius 1 is 1.10 bits per heavy atom. The van der Waals surface area contributed by atoms with Crippen molar-refractivity contribution in [2.24, 2.45) is 0 Å².